The number of nitrogens with zero attached hydrogens (tertiary/aromatic N) is 2. The fourth-order valence-electron chi connectivity index (χ4n) is 3.28. The van der Waals surface area contributed by atoms with E-state index in [1.54, 1.807) is 0 Å². The van der Waals surface area contributed by atoms with Crippen LogP contribution in [0.3, 0.4) is 0 Å². The molecule has 19 heavy (non-hydrogen) atoms. The highest BCUT2D eigenvalue weighted by Gasteiger charge is 2.29. The highest BCUT2D eigenvalue weighted by molar-refractivity contribution is 6.04. The standard InChI is InChI=1S/C16H20N2O/c1-5-18-14-11(3)7-6-10(2)13(14)12-8-9-17(4)16(19)15(12)18/h6-7H,5,8-9H2,1-4H3. The van der Waals surface area contributed by atoms with E-state index in [9.17, 15) is 4.79 Å². The van der Waals surface area contributed by atoms with E-state index < -0.39 is 0 Å². The predicted octanol–water partition coefficient (Wildman–Crippen LogP) is 2.91. The zero-order chi connectivity index (χ0) is 13.7. The van der Waals surface area contributed by atoms with E-state index >= 15 is 0 Å². The van der Waals surface area contributed by atoms with Gasteiger partial charge in [0.1, 0.15) is 5.69 Å². The Balaban J connectivity index is 2.48. The summed E-state index contributed by atoms with van der Waals surface area (Å²) in [6.07, 6.45) is 0.964. The fourth-order valence-corrected chi connectivity index (χ4v) is 3.28. The molecule has 0 saturated heterocycles. The topological polar surface area (TPSA) is 25.2 Å². The second kappa shape index (κ2) is 4.12. The van der Waals surface area contributed by atoms with Gasteiger partial charge in [-0.1, -0.05) is 12.1 Å². The van der Waals surface area contributed by atoms with Gasteiger partial charge in [0, 0.05) is 25.5 Å². The zero-order valence-electron chi connectivity index (χ0n) is 12.1. The van der Waals surface area contributed by atoms with Crippen LogP contribution in [-0.4, -0.2) is 29.0 Å². The number of amides is 1. The first-order valence-electron chi connectivity index (χ1n) is 6.93. The van der Waals surface area contributed by atoms with Gasteiger partial charge in [-0.2, -0.15) is 0 Å². The van der Waals surface area contributed by atoms with Crippen LogP contribution in [0.5, 0.6) is 0 Å². The lowest BCUT2D eigenvalue weighted by Crippen LogP contribution is -2.35. The number of aryl methyl sites for hydroxylation is 3. The Labute approximate surface area is 113 Å². The minimum absolute atomic E-state index is 0.165. The van der Waals surface area contributed by atoms with E-state index in [4.69, 9.17) is 0 Å². The fraction of sp³-hybridized carbons (Fsp3) is 0.438. The first-order chi connectivity index (χ1) is 9.06. The van der Waals surface area contributed by atoms with E-state index in [1.807, 2.05) is 11.9 Å². The van der Waals surface area contributed by atoms with Gasteiger partial charge in [0.05, 0.1) is 5.52 Å². The van der Waals surface area contributed by atoms with Crippen molar-refractivity contribution in [2.45, 2.75) is 33.7 Å². The highest BCUT2D eigenvalue weighted by atomic mass is 16.2. The molecule has 0 unspecified atom stereocenters. The van der Waals surface area contributed by atoms with Crippen LogP contribution in [0.25, 0.3) is 10.9 Å². The van der Waals surface area contributed by atoms with Crippen molar-refractivity contribution >= 4 is 16.8 Å². The van der Waals surface area contributed by atoms with E-state index in [1.165, 1.54) is 27.6 Å². The van der Waals surface area contributed by atoms with Crippen LogP contribution in [0.4, 0.5) is 0 Å². The van der Waals surface area contributed by atoms with Crippen molar-refractivity contribution in [2.75, 3.05) is 13.6 Å². The number of hydrogen-bond acceptors (Lipinski definition) is 1. The maximum Gasteiger partial charge on any atom is 0.270 e. The summed E-state index contributed by atoms with van der Waals surface area (Å²) in [5, 5.41) is 1.30. The minimum atomic E-state index is 0.165. The Morgan fingerprint density at radius 2 is 1.89 bits per heavy atom. The molecular weight excluding hydrogens is 236 g/mol. The number of carbonyl (C=O) groups is 1. The van der Waals surface area contributed by atoms with Gasteiger partial charge >= 0.3 is 0 Å². The van der Waals surface area contributed by atoms with Crippen molar-refractivity contribution < 1.29 is 4.79 Å². The molecule has 1 aliphatic heterocycles. The first kappa shape index (κ1) is 12.3. The summed E-state index contributed by atoms with van der Waals surface area (Å²) < 4.78 is 2.20. The van der Waals surface area contributed by atoms with Crippen molar-refractivity contribution in [1.82, 2.24) is 9.47 Å². The van der Waals surface area contributed by atoms with Crippen LogP contribution in [0.1, 0.15) is 34.1 Å². The third-order valence-electron chi connectivity index (χ3n) is 4.28. The third-order valence-corrected chi connectivity index (χ3v) is 4.28. The Hall–Kier alpha value is -1.77. The summed E-state index contributed by atoms with van der Waals surface area (Å²) in [5.41, 5.74) is 5.94. The average Bonchev–Trinajstić information content (AvgIpc) is 2.74. The average molecular weight is 256 g/mol. The van der Waals surface area contributed by atoms with Crippen molar-refractivity contribution in [1.29, 1.82) is 0 Å². The Morgan fingerprint density at radius 3 is 2.58 bits per heavy atom. The molecule has 3 rings (SSSR count). The molecule has 1 aromatic heterocycles. The van der Waals surface area contributed by atoms with Crippen molar-refractivity contribution in [3.8, 4) is 0 Å². The quantitative estimate of drug-likeness (QED) is 0.770. The molecule has 0 fully saturated rings. The van der Waals surface area contributed by atoms with Gasteiger partial charge < -0.3 is 9.47 Å². The molecule has 3 heteroatoms. The highest BCUT2D eigenvalue weighted by Crippen LogP contribution is 2.34. The second-order valence-corrected chi connectivity index (χ2v) is 5.47. The maximum absolute atomic E-state index is 12.5. The zero-order valence-corrected chi connectivity index (χ0v) is 12.1. The van der Waals surface area contributed by atoms with Gasteiger partial charge in [0.2, 0.25) is 0 Å². The number of aromatic nitrogens is 1. The lowest BCUT2D eigenvalue weighted by atomic mass is 9.99. The molecule has 1 aliphatic rings. The van der Waals surface area contributed by atoms with E-state index in [0.29, 0.717) is 0 Å². The minimum Gasteiger partial charge on any atom is -0.340 e. The molecule has 2 heterocycles. The molecule has 1 aromatic carbocycles. The maximum atomic E-state index is 12.5. The second-order valence-electron chi connectivity index (χ2n) is 5.47. The molecule has 0 spiro atoms. The van der Waals surface area contributed by atoms with Crippen molar-refractivity contribution in [3.63, 3.8) is 0 Å². The van der Waals surface area contributed by atoms with Crippen molar-refractivity contribution in [3.05, 3.63) is 34.5 Å². The summed E-state index contributed by atoms with van der Waals surface area (Å²) in [4.78, 5) is 14.3. The van der Waals surface area contributed by atoms with Crippen LogP contribution in [-0.2, 0) is 13.0 Å². The van der Waals surface area contributed by atoms with Crippen molar-refractivity contribution in [2.24, 2.45) is 0 Å². The Bertz CT molecular complexity index is 643. The van der Waals surface area contributed by atoms with Gasteiger partial charge in [-0.3, -0.25) is 4.79 Å². The smallest absolute Gasteiger partial charge is 0.270 e. The van der Waals surface area contributed by atoms with Gasteiger partial charge in [0.25, 0.3) is 5.91 Å². The number of likely N-dealkylation sites (N-methyl/N-ethyl adjacent to an activating group) is 1. The lowest BCUT2D eigenvalue weighted by Gasteiger charge is -2.24. The van der Waals surface area contributed by atoms with E-state index in [0.717, 1.165) is 25.2 Å². The van der Waals surface area contributed by atoms with Gasteiger partial charge in [-0.15, -0.1) is 0 Å². The summed E-state index contributed by atoms with van der Waals surface area (Å²) >= 11 is 0. The number of fused-ring (bicyclic) bond motifs is 3. The predicted molar refractivity (Wildman–Crippen MR) is 77.8 cm³/mol. The van der Waals surface area contributed by atoms with Gasteiger partial charge in [-0.05, 0) is 43.9 Å². The molecular formula is C16H20N2O. The van der Waals surface area contributed by atoms with Gasteiger partial charge in [0.15, 0.2) is 0 Å². The molecule has 100 valence electrons. The third kappa shape index (κ3) is 1.54. The van der Waals surface area contributed by atoms with E-state index in [-0.39, 0.29) is 5.91 Å². The number of hydrogen-bond donors (Lipinski definition) is 0. The molecule has 3 nitrogen and oxygen atoms in total. The number of carbonyl (C=O) groups excluding carboxylic acids is 1. The normalized spacial score (nSPS) is 15.2. The van der Waals surface area contributed by atoms with E-state index in [2.05, 4.69) is 37.5 Å². The summed E-state index contributed by atoms with van der Waals surface area (Å²) in [5.74, 6) is 0.165. The lowest BCUT2D eigenvalue weighted by molar-refractivity contribution is 0.0770. The molecule has 0 radical (unpaired) electrons. The van der Waals surface area contributed by atoms with Crippen LogP contribution >= 0.6 is 0 Å². The van der Waals surface area contributed by atoms with Gasteiger partial charge in [-0.25, -0.2) is 0 Å². The van der Waals surface area contributed by atoms with Crippen LogP contribution in [0.2, 0.25) is 0 Å². The molecule has 0 aliphatic carbocycles. The monoisotopic (exact) mass is 256 g/mol. The Morgan fingerprint density at radius 1 is 1.21 bits per heavy atom. The molecule has 2 aromatic rings. The first-order valence-corrected chi connectivity index (χ1v) is 6.93. The summed E-state index contributed by atoms with van der Waals surface area (Å²) in [7, 11) is 1.89. The molecule has 0 saturated carbocycles. The summed E-state index contributed by atoms with van der Waals surface area (Å²) in [6.45, 7) is 8.06. The molecule has 0 N–H and O–H groups in total. The van der Waals surface area contributed by atoms with Crippen LogP contribution in [0, 0.1) is 13.8 Å². The molecule has 0 atom stereocenters. The molecule has 0 bridgehead atoms. The Kier molecular flexibility index (Phi) is 2.66. The molecule has 1 amide bonds. The SMILES string of the molecule is CCn1c2c(c3c(C)ccc(C)c31)CCN(C)C2=O. The van der Waals surface area contributed by atoms with Crippen LogP contribution in [0.15, 0.2) is 12.1 Å². The van der Waals surface area contributed by atoms with Crippen LogP contribution < -0.4 is 0 Å². The largest absolute Gasteiger partial charge is 0.340 e. The number of benzene rings is 1. The summed E-state index contributed by atoms with van der Waals surface area (Å²) in [6, 6.07) is 4.32. The number of rotatable bonds is 1.